The third kappa shape index (κ3) is 3.12. The molecule has 0 saturated carbocycles. The molecule has 0 aliphatic rings. The summed E-state index contributed by atoms with van der Waals surface area (Å²) in [6.45, 7) is 5.24. The van der Waals surface area contributed by atoms with E-state index in [1.54, 1.807) is 14.0 Å². The zero-order valence-electron chi connectivity index (χ0n) is 13.7. The molecule has 8 heteroatoms. The average Bonchev–Trinajstić information content (AvgIpc) is 2.85. The topological polar surface area (TPSA) is 81.5 Å². The summed E-state index contributed by atoms with van der Waals surface area (Å²) in [5, 5.41) is 0.449. The van der Waals surface area contributed by atoms with Gasteiger partial charge in [-0.15, -0.1) is 11.3 Å². The number of thiophene rings is 1. The maximum atomic E-state index is 12.8. The standard InChI is InChI=1S/C15H19N3O4S/c1-8(2)18(6-10(19)22-5)15(21)12-9(3)11-13(23-12)16-7-17(4)14(11)20/h7-8H,6H2,1-5H3. The van der Waals surface area contributed by atoms with Crippen molar-refractivity contribution in [3.8, 4) is 0 Å². The van der Waals surface area contributed by atoms with E-state index in [9.17, 15) is 14.4 Å². The van der Waals surface area contributed by atoms with E-state index < -0.39 is 5.97 Å². The van der Waals surface area contributed by atoms with Crippen LogP contribution in [0, 0.1) is 6.92 Å². The van der Waals surface area contributed by atoms with Crippen molar-refractivity contribution in [2.24, 2.45) is 7.05 Å². The number of fused-ring (bicyclic) bond motifs is 1. The molecule has 0 aromatic carbocycles. The van der Waals surface area contributed by atoms with Gasteiger partial charge in [-0.05, 0) is 26.3 Å². The molecule has 0 aliphatic heterocycles. The second-order valence-electron chi connectivity index (χ2n) is 5.50. The first-order chi connectivity index (χ1) is 10.8. The predicted molar refractivity (Wildman–Crippen MR) is 87.8 cm³/mol. The molecule has 0 unspecified atom stereocenters. The number of carbonyl (C=O) groups excluding carboxylic acids is 2. The maximum absolute atomic E-state index is 12.8. The number of ether oxygens (including phenoxy) is 1. The average molecular weight is 337 g/mol. The minimum Gasteiger partial charge on any atom is -0.468 e. The van der Waals surface area contributed by atoms with Crippen LogP contribution in [-0.2, 0) is 16.6 Å². The summed E-state index contributed by atoms with van der Waals surface area (Å²) < 4.78 is 6.03. The highest BCUT2D eigenvalue weighted by Gasteiger charge is 2.26. The van der Waals surface area contributed by atoms with Crippen molar-refractivity contribution in [3.63, 3.8) is 0 Å². The number of rotatable bonds is 4. The van der Waals surface area contributed by atoms with Gasteiger partial charge in [-0.3, -0.25) is 14.4 Å². The summed E-state index contributed by atoms with van der Waals surface area (Å²) in [7, 11) is 2.90. The number of amides is 1. The van der Waals surface area contributed by atoms with Crippen LogP contribution in [-0.4, -0.2) is 46.0 Å². The van der Waals surface area contributed by atoms with E-state index in [1.807, 2.05) is 13.8 Å². The Morgan fingerprint density at radius 1 is 1.43 bits per heavy atom. The van der Waals surface area contributed by atoms with Crippen LogP contribution in [0.2, 0.25) is 0 Å². The Morgan fingerprint density at radius 2 is 2.09 bits per heavy atom. The van der Waals surface area contributed by atoms with Gasteiger partial charge in [-0.1, -0.05) is 0 Å². The lowest BCUT2D eigenvalue weighted by atomic mass is 10.2. The van der Waals surface area contributed by atoms with E-state index in [1.165, 1.54) is 34.2 Å². The minimum atomic E-state index is -0.486. The normalized spacial score (nSPS) is 11.0. The van der Waals surface area contributed by atoms with Crippen molar-refractivity contribution < 1.29 is 14.3 Å². The van der Waals surface area contributed by atoms with Crippen LogP contribution < -0.4 is 5.56 Å². The highest BCUT2D eigenvalue weighted by Crippen LogP contribution is 2.28. The molecule has 2 rings (SSSR count). The largest absolute Gasteiger partial charge is 0.468 e. The number of aryl methyl sites for hydroxylation is 2. The zero-order chi connectivity index (χ0) is 17.3. The van der Waals surface area contributed by atoms with Gasteiger partial charge in [0.15, 0.2) is 0 Å². The van der Waals surface area contributed by atoms with Gasteiger partial charge >= 0.3 is 5.97 Å². The molecule has 124 valence electrons. The van der Waals surface area contributed by atoms with Crippen LogP contribution in [0.1, 0.15) is 29.1 Å². The first-order valence-corrected chi connectivity index (χ1v) is 7.92. The fourth-order valence-corrected chi connectivity index (χ4v) is 3.33. The Morgan fingerprint density at radius 3 is 2.65 bits per heavy atom. The monoisotopic (exact) mass is 337 g/mol. The van der Waals surface area contributed by atoms with Gasteiger partial charge in [0, 0.05) is 13.1 Å². The summed E-state index contributed by atoms with van der Waals surface area (Å²) in [6.07, 6.45) is 1.43. The van der Waals surface area contributed by atoms with Crippen LogP contribution in [0.15, 0.2) is 11.1 Å². The molecule has 0 radical (unpaired) electrons. The minimum absolute atomic E-state index is 0.133. The summed E-state index contributed by atoms with van der Waals surface area (Å²) in [4.78, 5) is 43.2. The molecule has 0 saturated heterocycles. The van der Waals surface area contributed by atoms with Crippen LogP contribution in [0.25, 0.3) is 10.2 Å². The second kappa shape index (κ2) is 6.49. The van der Waals surface area contributed by atoms with Crippen molar-refractivity contribution in [2.45, 2.75) is 26.8 Å². The van der Waals surface area contributed by atoms with Gasteiger partial charge < -0.3 is 14.2 Å². The molecule has 7 nitrogen and oxygen atoms in total. The Balaban J connectivity index is 2.52. The lowest BCUT2D eigenvalue weighted by Crippen LogP contribution is -2.41. The third-order valence-corrected chi connectivity index (χ3v) is 4.80. The van der Waals surface area contributed by atoms with E-state index in [2.05, 4.69) is 9.72 Å². The quantitative estimate of drug-likeness (QED) is 0.786. The fourth-order valence-electron chi connectivity index (χ4n) is 2.24. The van der Waals surface area contributed by atoms with Gasteiger partial charge in [-0.2, -0.15) is 0 Å². The number of methoxy groups -OCH3 is 1. The molecule has 2 aromatic heterocycles. The molecule has 0 bridgehead atoms. The number of esters is 1. The van der Waals surface area contributed by atoms with Crippen LogP contribution in [0.4, 0.5) is 0 Å². The third-order valence-electron chi connectivity index (χ3n) is 3.62. The number of hydrogen-bond donors (Lipinski definition) is 0. The van der Waals surface area contributed by atoms with Crippen molar-refractivity contribution in [1.29, 1.82) is 0 Å². The first-order valence-electron chi connectivity index (χ1n) is 7.10. The van der Waals surface area contributed by atoms with Gasteiger partial charge in [-0.25, -0.2) is 4.98 Å². The molecular formula is C15H19N3O4S. The molecule has 2 heterocycles. The zero-order valence-corrected chi connectivity index (χ0v) is 14.6. The molecule has 23 heavy (non-hydrogen) atoms. The Labute approximate surface area is 137 Å². The van der Waals surface area contributed by atoms with Crippen molar-refractivity contribution >= 4 is 33.4 Å². The molecule has 2 aromatic rings. The van der Waals surface area contributed by atoms with Gasteiger partial charge in [0.1, 0.15) is 11.4 Å². The van der Waals surface area contributed by atoms with Crippen LogP contribution in [0.5, 0.6) is 0 Å². The van der Waals surface area contributed by atoms with Crippen LogP contribution in [0.3, 0.4) is 0 Å². The maximum Gasteiger partial charge on any atom is 0.325 e. The SMILES string of the molecule is COC(=O)CN(C(=O)c1sc2ncn(C)c(=O)c2c1C)C(C)C. The smallest absolute Gasteiger partial charge is 0.325 e. The van der Waals surface area contributed by atoms with Crippen molar-refractivity contribution in [1.82, 2.24) is 14.5 Å². The number of nitrogens with zero attached hydrogens (tertiary/aromatic N) is 3. The molecule has 1 amide bonds. The summed E-state index contributed by atoms with van der Waals surface area (Å²) in [6, 6.07) is -0.179. The summed E-state index contributed by atoms with van der Waals surface area (Å²) in [5.74, 6) is -0.784. The van der Waals surface area contributed by atoms with Gasteiger partial charge in [0.2, 0.25) is 0 Å². The van der Waals surface area contributed by atoms with Gasteiger partial charge in [0.25, 0.3) is 11.5 Å². The van der Waals surface area contributed by atoms with E-state index in [-0.39, 0.29) is 24.1 Å². The number of carbonyl (C=O) groups is 2. The first kappa shape index (κ1) is 17.1. The van der Waals surface area contributed by atoms with E-state index in [0.717, 1.165) is 0 Å². The van der Waals surface area contributed by atoms with Crippen molar-refractivity contribution in [3.05, 3.63) is 27.1 Å². The Hall–Kier alpha value is -2.22. The van der Waals surface area contributed by atoms with Crippen molar-refractivity contribution in [2.75, 3.05) is 13.7 Å². The molecule has 0 N–H and O–H groups in total. The van der Waals surface area contributed by atoms with E-state index in [4.69, 9.17) is 0 Å². The van der Waals surface area contributed by atoms with E-state index in [0.29, 0.717) is 20.7 Å². The Bertz CT molecular complexity index is 822. The highest BCUT2D eigenvalue weighted by atomic mass is 32.1. The van der Waals surface area contributed by atoms with Gasteiger partial charge in [0.05, 0.1) is 23.7 Å². The number of aromatic nitrogens is 2. The lowest BCUT2D eigenvalue weighted by molar-refractivity contribution is -0.141. The Kier molecular flexibility index (Phi) is 4.84. The van der Waals surface area contributed by atoms with E-state index >= 15 is 0 Å². The summed E-state index contributed by atoms with van der Waals surface area (Å²) in [5.41, 5.74) is 0.408. The second-order valence-corrected chi connectivity index (χ2v) is 6.50. The summed E-state index contributed by atoms with van der Waals surface area (Å²) >= 11 is 1.17. The lowest BCUT2D eigenvalue weighted by Gasteiger charge is -2.25. The molecule has 0 fully saturated rings. The predicted octanol–water partition coefficient (Wildman–Crippen LogP) is 1.33. The molecule has 0 atom stereocenters. The highest BCUT2D eigenvalue weighted by molar-refractivity contribution is 7.20. The fraction of sp³-hybridized carbons (Fsp3) is 0.467. The molecule has 0 aliphatic carbocycles. The van der Waals surface area contributed by atoms with Crippen LogP contribution >= 0.6 is 11.3 Å². The number of hydrogen-bond acceptors (Lipinski definition) is 6. The molecular weight excluding hydrogens is 318 g/mol. The molecule has 0 spiro atoms.